The Kier molecular flexibility index (Phi) is 4.01. The Labute approximate surface area is 120 Å². The van der Waals surface area contributed by atoms with Gasteiger partial charge in [0.05, 0.1) is 10.7 Å². The third-order valence-electron chi connectivity index (χ3n) is 2.24. The fourth-order valence-corrected chi connectivity index (χ4v) is 1.80. The Bertz CT molecular complexity index is 584. The quantitative estimate of drug-likeness (QED) is 0.847. The molecule has 0 bridgehead atoms. The van der Waals surface area contributed by atoms with Crippen LogP contribution in [0.25, 0.3) is 0 Å². The van der Waals surface area contributed by atoms with Crippen LogP contribution >= 0.6 is 35.4 Å². The van der Waals surface area contributed by atoms with Gasteiger partial charge in [-0.2, -0.15) is 0 Å². The molecule has 0 radical (unpaired) electrons. The van der Waals surface area contributed by atoms with Crippen LogP contribution < -0.4 is 11.1 Å². The van der Waals surface area contributed by atoms with Crippen molar-refractivity contribution < 1.29 is 0 Å². The highest BCUT2D eigenvalue weighted by Crippen LogP contribution is 2.27. The van der Waals surface area contributed by atoms with Crippen molar-refractivity contribution in [1.29, 1.82) is 0 Å². The van der Waals surface area contributed by atoms with Crippen molar-refractivity contribution in [2.24, 2.45) is 5.73 Å². The number of anilines is 2. The molecule has 0 amide bonds. The fraction of sp³-hybridized carbons (Fsp3) is 0. The second-order valence-electron chi connectivity index (χ2n) is 3.55. The smallest absolute Gasteiger partial charge is 0.130 e. The Morgan fingerprint density at radius 1 is 1.22 bits per heavy atom. The molecule has 6 heteroatoms. The second-order valence-corrected chi connectivity index (χ2v) is 4.83. The molecule has 0 aliphatic heterocycles. The number of nitrogens with one attached hydrogen (secondary N) is 1. The number of pyridine rings is 1. The lowest BCUT2D eigenvalue weighted by molar-refractivity contribution is 1.30. The number of nitrogens with zero attached hydrogens (tertiary/aromatic N) is 1. The number of nitrogens with two attached hydrogens (primary N) is 1. The SMILES string of the molecule is NC(=S)c1ccc(Nc2cc(Cl)ccc2Cl)nc1. The van der Waals surface area contributed by atoms with Crippen LogP contribution in [-0.2, 0) is 0 Å². The van der Waals surface area contributed by atoms with Crippen LogP contribution in [0.5, 0.6) is 0 Å². The molecule has 1 heterocycles. The summed E-state index contributed by atoms with van der Waals surface area (Å²) in [4.78, 5) is 4.50. The largest absolute Gasteiger partial charge is 0.389 e. The number of aromatic nitrogens is 1. The van der Waals surface area contributed by atoms with Crippen molar-refractivity contribution in [3.8, 4) is 0 Å². The summed E-state index contributed by atoms with van der Waals surface area (Å²) in [6.45, 7) is 0. The Morgan fingerprint density at radius 2 is 2.00 bits per heavy atom. The molecule has 2 aromatic rings. The highest BCUT2D eigenvalue weighted by Gasteiger charge is 2.03. The van der Waals surface area contributed by atoms with Crippen molar-refractivity contribution >= 4 is 51.9 Å². The molecule has 0 aliphatic carbocycles. The minimum absolute atomic E-state index is 0.315. The summed E-state index contributed by atoms with van der Waals surface area (Å²) in [5.74, 6) is 0.638. The predicted molar refractivity (Wildman–Crippen MR) is 79.9 cm³/mol. The number of halogens is 2. The zero-order valence-electron chi connectivity index (χ0n) is 9.15. The molecule has 2 rings (SSSR count). The van der Waals surface area contributed by atoms with Gasteiger partial charge in [-0.3, -0.25) is 0 Å². The van der Waals surface area contributed by atoms with E-state index in [-0.39, 0.29) is 0 Å². The molecule has 0 spiro atoms. The van der Waals surface area contributed by atoms with Gasteiger partial charge in [-0.1, -0.05) is 35.4 Å². The van der Waals surface area contributed by atoms with Gasteiger partial charge in [0.25, 0.3) is 0 Å². The normalized spacial score (nSPS) is 10.1. The Hall–Kier alpha value is -1.36. The van der Waals surface area contributed by atoms with Crippen LogP contribution in [0.15, 0.2) is 36.5 Å². The zero-order valence-corrected chi connectivity index (χ0v) is 11.5. The van der Waals surface area contributed by atoms with E-state index >= 15 is 0 Å². The summed E-state index contributed by atoms with van der Waals surface area (Å²) in [6.07, 6.45) is 1.60. The summed E-state index contributed by atoms with van der Waals surface area (Å²) in [7, 11) is 0. The average Bonchev–Trinajstić information content (AvgIpc) is 2.34. The van der Waals surface area contributed by atoms with E-state index in [4.69, 9.17) is 41.2 Å². The molecule has 0 saturated carbocycles. The monoisotopic (exact) mass is 297 g/mol. The molecule has 1 aromatic heterocycles. The van der Waals surface area contributed by atoms with Crippen LogP contribution in [0.1, 0.15) is 5.56 Å². The highest BCUT2D eigenvalue weighted by atomic mass is 35.5. The molecule has 18 heavy (non-hydrogen) atoms. The lowest BCUT2D eigenvalue weighted by atomic mass is 10.2. The Balaban J connectivity index is 2.23. The summed E-state index contributed by atoms with van der Waals surface area (Å²) >= 11 is 16.8. The topological polar surface area (TPSA) is 50.9 Å². The van der Waals surface area contributed by atoms with Gasteiger partial charge < -0.3 is 11.1 Å². The predicted octanol–water partition coefficient (Wildman–Crippen LogP) is 3.77. The van der Waals surface area contributed by atoms with Gasteiger partial charge in [0.15, 0.2) is 0 Å². The van der Waals surface area contributed by atoms with Gasteiger partial charge in [0.2, 0.25) is 0 Å². The lowest BCUT2D eigenvalue weighted by Gasteiger charge is -2.08. The standard InChI is InChI=1S/C12H9Cl2N3S/c13-8-2-3-9(14)10(5-8)17-11-4-1-7(6-16-11)12(15)18/h1-6H,(H2,15,18)(H,16,17). The molecular formula is C12H9Cl2N3S. The zero-order chi connectivity index (χ0) is 13.1. The maximum atomic E-state index is 6.04. The van der Waals surface area contributed by atoms with Crippen LogP contribution in [0.3, 0.4) is 0 Å². The molecule has 92 valence electrons. The average molecular weight is 298 g/mol. The van der Waals surface area contributed by atoms with E-state index in [1.165, 1.54) is 0 Å². The number of benzene rings is 1. The summed E-state index contributed by atoms with van der Waals surface area (Å²) in [6, 6.07) is 8.73. The van der Waals surface area contributed by atoms with Gasteiger partial charge in [0.1, 0.15) is 10.8 Å². The van der Waals surface area contributed by atoms with Crippen molar-refractivity contribution in [2.45, 2.75) is 0 Å². The van der Waals surface area contributed by atoms with Crippen LogP contribution in [-0.4, -0.2) is 9.97 Å². The van der Waals surface area contributed by atoms with Gasteiger partial charge >= 0.3 is 0 Å². The third kappa shape index (κ3) is 3.10. The molecular weight excluding hydrogens is 289 g/mol. The first-order chi connectivity index (χ1) is 8.56. The van der Waals surface area contributed by atoms with E-state index in [1.54, 1.807) is 36.5 Å². The molecule has 0 aliphatic rings. The van der Waals surface area contributed by atoms with Crippen LogP contribution in [0.4, 0.5) is 11.5 Å². The molecule has 3 nitrogen and oxygen atoms in total. The maximum Gasteiger partial charge on any atom is 0.130 e. The lowest BCUT2D eigenvalue weighted by Crippen LogP contribution is -2.09. The summed E-state index contributed by atoms with van der Waals surface area (Å²) in [5.41, 5.74) is 6.90. The number of hydrogen-bond acceptors (Lipinski definition) is 3. The minimum atomic E-state index is 0.315. The number of rotatable bonds is 3. The number of thiocarbonyl (C=S) groups is 1. The van der Waals surface area contributed by atoms with Crippen molar-refractivity contribution in [3.63, 3.8) is 0 Å². The molecule has 0 unspecified atom stereocenters. The molecule has 1 aromatic carbocycles. The first-order valence-corrected chi connectivity index (χ1v) is 6.20. The van der Waals surface area contributed by atoms with Crippen LogP contribution in [0.2, 0.25) is 10.0 Å². The first kappa shape index (κ1) is 13.1. The number of hydrogen-bond donors (Lipinski definition) is 2. The van der Waals surface area contributed by atoms with Crippen molar-refractivity contribution in [2.75, 3.05) is 5.32 Å². The summed E-state index contributed by atoms with van der Waals surface area (Å²) < 4.78 is 0. The molecule has 0 atom stereocenters. The maximum absolute atomic E-state index is 6.04. The van der Waals surface area contributed by atoms with Gasteiger partial charge in [-0.05, 0) is 30.3 Å². The third-order valence-corrected chi connectivity index (χ3v) is 3.04. The van der Waals surface area contributed by atoms with Crippen molar-refractivity contribution in [1.82, 2.24) is 4.98 Å². The van der Waals surface area contributed by atoms with Crippen molar-refractivity contribution in [3.05, 3.63) is 52.1 Å². The fourth-order valence-electron chi connectivity index (χ4n) is 1.34. The van der Waals surface area contributed by atoms with E-state index in [9.17, 15) is 0 Å². The van der Waals surface area contributed by atoms with E-state index in [2.05, 4.69) is 10.3 Å². The minimum Gasteiger partial charge on any atom is -0.389 e. The van der Waals surface area contributed by atoms with Gasteiger partial charge in [0, 0.05) is 16.8 Å². The van der Waals surface area contributed by atoms with E-state index in [0.717, 1.165) is 0 Å². The van der Waals surface area contributed by atoms with Gasteiger partial charge in [-0.15, -0.1) is 0 Å². The second kappa shape index (κ2) is 5.52. The molecule has 3 N–H and O–H groups in total. The molecule has 0 saturated heterocycles. The van der Waals surface area contributed by atoms with E-state index in [1.807, 2.05) is 0 Å². The summed E-state index contributed by atoms with van der Waals surface area (Å²) in [5, 5.41) is 4.24. The molecule has 0 fully saturated rings. The van der Waals surface area contributed by atoms with Crippen LogP contribution in [0, 0.1) is 0 Å². The highest BCUT2D eigenvalue weighted by molar-refractivity contribution is 7.80. The van der Waals surface area contributed by atoms with E-state index < -0.39 is 0 Å². The van der Waals surface area contributed by atoms with Gasteiger partial charge in [-0.25, -0.2) is 4.98 Å². The Morgan fingerprint density at radius 3 is 2.61 bits per heavy atom. The van der Waals surface area contributed by atoms with E-state index in [0.29, 0.717) is 32.1 Å². The first-order valence-electron chi connectivity index (χ1n) is 5.04.